The zero-order valence-electron chi connectivity index (χ0n) is 11.2. The summed E-state index contributed by atoms with van der Waals surface area (Å²) in [5.41, 5.74) is 0. The van der Waals surface area contributed by atoms with Gasteiger partial charge < -0.3 is 10.1 Å². The van der Waals surface area contributed by atoms with E-state index in [2.05, 4.69) is 30.2 Å². The van der Waals surface area contributed by atoms with E-state index in [0.717, 1.165) is 35.3 Å². The molecule has 1 N–H and O–H groups in total. The summed E-state index contributed by atoms with van der Waals surface area (Å²) >= 11 is 0. The fraction of sp³-hybridized carbons (Fsp3) is 0.400. The van der Waals surface area contributed by atoms with Crippen LogP contribution in [0.15, 0.2) is 30.5 Å². The molecule has 0 radical (unpaired) electrons. The van der Waals surface area contributed by atoms with Gasteiger partial charge in [0.25, 0.3) is 0 Å². The quantitative estimate of drug-likeness (QED) is 0.870. The second kappa shape index (κ2) is 5.71. The van der Waals surface area contributed by atoms with E-state index in [9.17, 15) is 0 Å². The summed E-state index contributed by atoms with van der Waals surface area (Å²) in [5, 5.41) is 5.61. The van der Waals surface area contributed by atoms with Gasteiger partial charge in [-0.1, -0.05) is 26.0 Å². The van der Waals surface area contributed by atoms with Crippen LogP contribution in [0.5, 0.6) is 5.75 Å². The van der Waals surface area contributed by atoms with Crippen molar-refractivity contribution in [2.24, 2.45) is 5.92 Å². The maximum Gasteiger partial charge on any atom is 0.133 e. The maximum atomic E-state index is 5.37. The van der Waals surface area contributed by atoms with E-state index in [1.165, 1.54) is 0 Å². The van der Waals surface area contributed by atoms with Gasteiger partial charge in [-0.2, -0.15) is 0 Å². The van der Waals surface area contributed by atoms with E-state index in [1.54, 1.807) is 7.11 Å². The first-order chi connectivity index (χ1) is 8.72. The molecule has 0 atom stereocenters. The highest BCUT2D eigenvalue weighted by molar-refractivity contribution is 5.95. The number of methoxy groups -OCH3 is 1. The predicted molar refractivity (Wildman–Crippen MR) is 76.2 cm³/mol. The van der Waals surface area contributed by atoms with Gasteiger partial charge in [0, 0.05) is 23.5 Å². The fourth-order valence-electron chi connectivity index (χ4n) is 1.98. The Balaban J connectivity index is 2.28. The van der Waals surface area contributed by atoms with E-state index < -0.39 is 0 Å². The van der Waals surface area contributed by atoms with Gasteiger partial charge in [-0.3, -0.25) is 0 Å². The lowest BCUT2D eigenvalue weighted by Gasteiger charge is -2.11. The molecule has 0 spiro atoms. The first kappa shape index (κ1) is 12.7. The van der Waals surface area contributed by atoms with Gasteiger partial charge in [0.05, 0.1) is 7.11 Å². The molecule has 1 aromatic heterocycles. The van der Waals surface area contributed by atoms with Crippen molar-refractivity contribution in [1.82, 2.24) is 4.98 Å². The van der Waals surface area contributed by atoms with Crippen molar-refractivity contribution in [3.8, 4) is 5.75 Å². The predicted octanol–water partition coefficient (Wildman–Crippen LogP) is 3.70. The number of nitrogens with one attached hydrogen (secondary N) is 1. The van der Waals surface area contributed by atoms with E-state index in [0.29, 0.717) is 5.92 Å². The Bertz CT molecular complexity index is 523. The number of aromatic nitrogens is 1. The molecule has 0 unspecified atom stereocenters. The SMILES string of the molecule is COc1cccc2c(NCCC(C)C)nccc12. The zero-order valence-corrected chi connectivity index (χ0v) is 11.2. The first-order valence-corrected chi connectivity index (χ1v) is 6.38. The highest BCUT2D eigenvalue weighted by Gasteiger charge is 2.05. The number of pyridine rings is 1. The molecule has 0 saturated carbocycles. The number of nitrogens with zero attached hydrogens (tertiary/aromatic N) is 1. The Labute approximate surface area is 108 Å². The first-order valence-electron chi connectivity index (χ1n) is 6.38. The smallest absolute Gasteiger partial charge is 0.133 e. The standard InChI is InChI=1S/C15H20N2O/c1-11(2)7-9-16-15-13-5-4-6-14(18-3)12(13)8-10-17-15/h4-6,8,10-11H,7,9H2,1-3H3,(H,16,17). The van der Waals surface area contributed by atoms with Crippen LogP contribution in [0, 0.1) is 5.92 Å². The number of hydrogen-bond donors (Lipinski definition) is 1. The van der Waals surface area contributed by atoms with Crippen LogP contribution in [0.3, 0.4) is 0 Å². The third-order valence-corrected chi connectivity index (χ3v) is 3.00. The summed E-state index contributed by atoms with van der Waals surface area (Å²) in [6.07, 6.45) is 2.96. The van der Waals surface area contributed by atoms with Gasteiger partial charge in [-0.05, 0) is 24.5 Å². The van der Waals surface area contributed by atoms with Gasteiger partial charge in [0.1, 0.15) is 11.6 Å². The third-order valence-electron chi connectivity index (χ3n) is 3.00. The number of ether oxygens (including phenoxy) is 1. The molecule has 2 rings (SSSR count). The summed E-state index contributed by atoms with van der Waals surface area (Å²) in [6, 6.07) is 8.03. The van der Waals surface area contributed by atoms with Crippen LogP contribution < -0.4 is 10.1 Å². The Hall–Kier alpha value is -1.77. The Morgan fingerprint density at radius 1 is 1.22 bits per heavy atom. The molecule has 0 aliphatic heterocycles. The molecule has 18 heavy (non-hydrogen) atoms. The maximum absolute atomic E-state index is 5.37. The molecule has 3 nitrogen and oxygen atoms in total. The number of hydrogen-bond acceptors (Lipinski definition) is 3. The van der Waals surface area contributed by atoms with Crippen molar-refractivity contribution >= 4 is 16.6 Å². The van der Waals surface area contributed by atoms with Crippen molar-refractivity contribution in [2.75, 3.05) is 19.0 Å². The summed E-state index contributed by atoms with van der Waals surface area (Å²) in [5.74, 6) is 2.52. The number of rotatable bonds is 5. The molecule has 0 bridgehead atoms. The molecule has 1 aromatic carbocycles. The molecular weight excluding hydrogens is 224 g/mol. The van der Waals surface area contributed by atoms with Crippen LogP contribution in [0.2, 0.25) is 0 Å². The molecule has 0 saturated heterocycles. The fourth-order valence-corrected chi connectivity index (χ4v) is 1.98. The minimum absolute atomic E-state index is 0.696. The molecule has 0 aliphatic carbocycles. The molecule has 96 valence electrons. The highest BCUT2D eigenvalue weighted by Crippen LogP contribution is 2.28. The summed E-state index contributed by atoms with van der Waals surface area (Å²) in [6.45, 7) is 5.39. The van der Waals surface area contributed by atoms with Crippen molar-refractivity contribution in [1.29, 1.82) is 0 Å². The molecule has 2 aromatic rings. The molecule has 0 aliphatic rings. The van der Waals surface area contributed by atoms with Crippen LogP contribution in [-0.4, -0.2) is 18.6 Å². The summed E-state index contributed by atoms with van der Waals surface area (Å²) < 4.78 is 5.37. The number of benzene rings is 1. The van der Waals surface area contributed by atoms with Gasteiger partial charge in [-0.25, -0.2) is 4.98 Å². The van der Waals surface area contributed by atoms with Crippen molar-refractivity contribution in [3.63, 3.8) is 0 Å². The largest absolute Gasteiger partial charge is 0.496 e. The third kappa shape index (κ3) is 2.73. The molecule has 0 amide bonds. The van der Waals surface area contributed by atoms with Crippen molar-refractivity contribution in [3.05, 3.63) is 30.5 Å². The van der Waals surface area contributed by atoms with Crippen molar-refractivity contribution < 1.29 is 4.74 Å². The topological polar surface area (TPSA) is 34.1 Å². The van der Waals surface area contributed by atoms with Gasteiger partial charge in [0.2, 0.25) is 0 Å². The number of anilines is 1. The summed E-state index contributed by atoms with van der Waals surface area (Å²) in [7, 11) is 1.70. The van der Waals surface area contributed by atoms with E-state index in [-0.39, 0.29) is 0 Å². The van der Waals surface area contributed by atoms with E-state index in [4.69, 9.17) is 4.74 Å². The highest BCUT2D eigenvalue weighted by atomic mass is 16.5. The average molecular weight is 244 g/mol. The Morgan fingerprint density at radius 2 is 2.06 bits per heavy atom. The monoisotopic (exact) mass is 244 g/mol. The van der Waals surface area contributed by atoms with Crippen LogP contribution in [0.4, 0.5) is 5.82 Å². The molecule has 3 heteroatoms. The van der Waals surface area contributed by atoms with Crippen molar-refractivity contribution in [2.45, 2.75) is 20.3 Å². The minimum Gasteiger partial charge on any atom is -0.496 e. The summed E-state index contributed by atoms with van der Waals surface area (Å²) in [4.78, 5) is 4.41. The normalized spacial score (nSPS) is 10.9. The van der Waals surface area contributed by atoms with Gasteiger partial charge in [-0.15, -0.1) is 0 Å². The van der Waals surface area contributed by atoms with Crippen LogP contribution in [0.1, 0.15) is 20.3 Å². The second-order valence-corrected chi connectivity index (χ2v) is 4.82. The van der Waals surface area contributed by atoms with Crippen LogP contribution in [-0.2, 0) is 0 Å². The lowest BCUT2D eigenvalue weighted by atomic mass is 10.1. The lowest BCUT2D eigenvalue weighted by molar-refractivity contribution is 0.420. The second-order valence-electron chi connectivity index (χ2n) is 4.82. The van der Waals surface area contributed by atoms with E-state index in [1.807, 2.05) is 24.4 Å². The van der Waals surface area contributed by atoms with Gasteiger partial charge >= 0.3 is 0 Å². The minimum atomic E-state index is 0.696. The zero-order chi connectivity index (χ0) is 13.0. The molecular formula is C15H20N2O. The van der Waals surface area contributed by atoms with Crippen LogP contribution in [0.25, 0.3) is 10.8 Å². The average Bonchev–Trinajstić information content (AvgIpc) is 2.38. The Kier molecular flexibility index (Phi) is 4.03. The molecule has 1 heterocycles. The number of fused-ring (bicyclic) bond motifs is 1. The van der Waals surface area contributed by atoms with Crippen LogP contribution >= 0.6 is 0 Å². The van der Waals surface area contributed by atoms with Gasteiger partial charge in [0.15, 0.2) is 0 Å². The van der Waals surface area contributed by atoms with E-state index >= 15 is 0 Å². The lowest BCUT2D eigenvalue weighted by Crippen LogP contribution is -2.06. The Morgan fingerprint density at radius 3 is 2.78 bits per heavy atom. The molecule has 0 fully saturated rings.